The number of nitrogens with two attached hydrogens (primary N) is 1. The van der Waals surface area contributed by atoms with Crippen LogP contribution in [-0.2, 0) is 0 Å². The number of allylic oxidation sites excluding steroid dienone is 1. The molecular formula is C52H36N3S+. The molecule has 1 aliphatic rings. The lowest BCUT2D eigenvalue weighted by Crippen LogP contribution is -2.82. The highest BCUT2D eigenvalue weighted by Gasteiger charge is 2.26. The number of para-hydroxylation sites is 2. The first-order valence-corrected chi connectivity index (χ1v) is 20.0. The third-order valence-corrected chi connectivity index (χ3v) is 12.4. The SMILES string of the molecule is C1=C(c2ccccc2)[NH2+]C(c2cccc(-c3ccccc3)c2)N=C1c1cccc2c1sc1cccc(-c3ccc4c(c3)c3ccccc3n4-c3ccccc3)c12. The number of fused-ring (bicyclic) bond motifs is 6. The third-order valence-electron chi connectivity index (χ3n) is 11.1. The molecule has 0 bridgehead atoms. The van der Waals surface area contributed by atoms with Crippen molar-refractivity contribution in [1.29, 1.82) is 0 Å². The van der Waals surface area contributed by atoms with E-state index in [9.17, 15) is 0 Å². The van der Waals surface area contributed by atoms with E-state index >= 15 is 0 Å². The second kappa shape index (κ2) is 13.5. The number of aromatic nitrogens is 1. The van der Waals surface area contributed by atoms with E-state index in [1.54, 1.807) is 0 Å². The molecule has 0 saturated carbocycles. The van der Waals surface area contributed by atoms with Gasteiger partial charge < -0.3 is 4.57 Å². The van der Waals surface area contributed by atoms with E-state index < -0.39 is 0 Å². The quantitative estimate of drug-likeness (QED) is 0.177. The Morgan fingerprint density at radius 2 is 1.14 bits per heavy atom. The van der Waals surface area contributed by atoms with E-state index in [0.29, 0.717) is 0 Å². The highest BCUT2D eigenvalue weighted by molar-refractivity contribution is 7.26. The highest BCUT2D eigenvalue weighted by atomic mass is 32.1. The van der Waals surface area contributed by atoms with E-state index in [1.807, 2.05) is 11.3 Å². The molecule has 8 aromatic carbocycles. The average Bonchev–Trinajstić information content (AvgIpc) is 3.83. The first-order chi connectivity index (χ1) is 27.8. The van der Waals surface area contributed by atoms with Crippen molar-refractivity contribution < 1.29 is 5.32 Å². The van der Waals surface area contributed by atoms with Crippen LogP contribution in [0.25, 0.3) is 75.6 Å². The van der Waals surface area contributed by atoms with Gasteiger partial charge in [0.25, 0.3) is 0 Å². The van der Waals surface area contributed by atoms with Gasteiger partial charge in [-0.3, -0.25) is 5.32 Å². The zero-order chi connectivity index (χ0) is 37.0. The van der Waals surface area contributed by atoms with Crippen molar-refractivity contribution in [1.82, 2.24) is 4.57 Å². The molecule has 3 heterocycles. The smallest absolute Gasteiger partial charge is 0.211 e. The maximum Gasteiger partial charge on any atom is 0.211 e. The van der Waals surface area contributed by atoms with Gasteiger partial charge in [-0.2, -0.15) is 0 Å². The maximum absolute atomic E-state index is 5.51. The molecule has 1 aliphatic heterocycles. The number of hydrogen-bond donors (Lipinski definition) is 1. The fourth-order valence-electron chi connectivity index (χ4n) is 8.54. The van der Waals surface area contributed by atoms with Crippen LogP contribution < -0.4 is 5.32 Å². The van der Waals surface area contributed by atoms with Gasteiger partial charge in [0.05, 0.1) is 16.7 Å². The summed E-state index contributed by atoms with van der Waals surface area (Å²) in [6.45, 7) is 0. The summed E-state index contributed by atoms with van der Waals surface area (Å²) in [5.41, 5.74) is 14.2. The molecule has 56 heavy (non-hydrogen) atoms. The van der Waals surface area contributed by atoms with E-state index in [1.165, 1.54) is 92.3 Å². The summed E-state index contributed by atoms with van der Waals surface area (Å²) < 4.78 is 4.92. The van der Waals surface area contributed by atoms with Gasteiger partial charge in [0, 0.05) is 59.4 Å². The van der Waals surface area contributed by atoms with Gasteiger partial charge in [0.1, 0.15) is 5.70 Å². The van der Waals surface area contributed by atoms with Crippen molar-refractivity contribution in [3.8, 4) is 27.9 Å². The molecular weight excluding hydrogens is 699 g/mol. The molecule has 0 amide bonds. The minimum absolute atomic E-state index is 0.126. The van der Waals surface area contributed by atoms with Crippen molar-refractivity contribution in [3.05, 3.63) is 217 Å². The van der Waals surface area contributed by atoms with Crippen LogP contribution in [0.1, 0.15) is 22.9 Å². The molecule has 10 aromatic rings. The van der Waals surface area contributed by atoms with Crippen LogP contribution in [0.2, 0.25) is 0 Å². The molecule has 11 rings (SSSR count). The molecule has 0 aliphatic carbocycles. The topological polar surface area (TPSA) is 33.9 Å². The van der Waals surface area contributed by atoms with E-state index in [2.05, 4.69) is 210 Å². The van der Waals surface area contributed by atoms with Gasteiger partial charge in [0.2, 0.25) is 6.17 Å². The third kappa shape index (κ3) is 5.50. The molecule has 0 spiro atoms. The number of aliphatic imine (C=N–C) groups is 1. The fourth-order valence-corrected chi connectivity index (χ4v) is 9.79. The molecule has 3 nitrogen and oxygen atoms in total. The molecule has 1 atom stereocenters. The zero-order valence-corrected chi connectivity index (χ0v) is 31.3. The van der Waals surface area contributed by atoms with Crippen LogP contribution in [0.5, 0.6) is 0 Å². The highest BCUT2D eigenvalue weighted by Crippen LogP contribution is 2.43. The summed E-state index contributed by atoms with van der Waals surface area (Å²) in [6, 6.07) is 70.1. The lowest BCUT2D eigenvalue weighted by Gasteiger charge is -2.21. The summed E-state index contributed by atoms with van der Waals surface area (Å²) in [5, 5.41) is 7.39. The lowest BCUT2D eigenvalue weighted by molar-refractivity contribution is -0.609. The number of quaternary nitrogens is 1. The second-order valence-electron chi connectivity index (χ2n) is 14.5. The number of hydrogen-bond acceptors (Lipinski definition) is 2. The van der Waals surface area contributed by atoms with Crippen LogP contribution in [0.4, 0.5) is 0 Å². The van der Waals surface area contributed by atoms with Crippen LogP contribution in [0.15, 0.2) is 205 Å². The van der Waals surface area contributed by atoms with E-state index in [0.717, 1.165) is 5.71 Å². The Morgan fingerprint density at radius 3 is 1.98 bits per heavy atom. The van der Waals surface area contributed by atoms with Gasteiger partial charge in [-0.25, -0.2) is 4.99 Å². The summed E-state index contributed by atoms with van der Waals surface area (Å²) in [6.07, 6.45) is 2.16. The number of benzene rings is 8. The summed E-state index contributed by atoms with van der Waals surface area (Å²) in [7, 11) is 0. The van der Waals surface area contributed by atoms with Crippen LogP contribution in [0, 0.1) is 0 Å². The Balaban J connectivity index is 1.07. The van der Waals surface area contributed by atoms with Crippen molar-refractivity contribution in [2.45, 2.75) is 6.17 Å². The molecule has 4 heteroatoms. The van der Waals surface area contributed by atoms with Gasteiger partial charge in [0.15, 0.2) is 0 Å². The van der Waals surface area contributed by atoms with Gasteiger partial charge in [-0.05, 0) is 76.9 Å². The van der Waals surface area contributed by atoms with Crippen molar-refractivity contribution in [2.24, 2.45) is 4.99 Å². The first kappa shape index (κ1) is 32.6. The van der Waals surface area contributed by atoms with Crippen LogP contribution in [0.3, 0.4) is 0 Å². The normalized spacial score (nSPS) is 14.4. The minimum Gasteiger partial charge on any atom is -0.309 e. The van der Waals surface area contributed by atoms with Crippen LogP contribution >= 0.6 is 11.3 Å². The van der Waals surface area contributed by atoms with Crippen LogP contribution in [-0.4, -0.2) is 10.3 Å². The Hall–Kier alpha value is -6.85. The van der Waals surface area contributed by atoms with E-state index in [4.69, 9.17) is 4.99 Å². The first-order valence-electron chi connectivity index (χ1n) is 19.2. The van der Waals surface area contributed by atoms with Gasteiger partial charge in [-0.15, -0.1) is 11.3 Å². The predicted molar refractivity (Wildman–Crippen MR) is 237 cm³/mol. The van der Waals surface area contributed by atoms with Crippen molar-refractivity contribution in [3.63, 3.8) is 0 Å². The lowest BCUT2D eigenvalue weighted by atomic mass is 9.96. The van der Waals surface area contributed by atoms with Crippen molar-refractivity contribution >= 4 is 64.7 Å². The Kier molecular flexibility index (Phi) is 7.83. The fraction of sp³-hybridized carbons (Fsp3) is 0.0192. The molecule has 264 valence electrons. The molecule has 0 radical (unpaired) electrons. The number of nitrogens with zero attached hydrogens (tertiary/aromatic N) is 2. The van der Waals surface area contributed by atoms with Crippen molar-refractivity contribution in [2.75, 3.05) is 0 Å². The van der Waals surface area contributed by atoms with E-state index in [-0.39, 0.29) is 6.17 Å². The summed E-state index contributed by atoms with van der Waals surface area (Å²) in [5.74, 6) is 0. The predicted octanol–water partition coefficient (Wildman–Crippen LogP) is 12.6. The number of rotatable bonds is 6. The minimum atomic E-state index is -0.126. The second-order valence-corrected chi connectivity index (χ2v) is 15.5. The molecule has 2 N–H and O–H groups in total. The van der Waals surface area contributed by atoms with Gasteiger partial charge >= 0.3 is 0 Å². The molecule has 1 unspecified atom stereocenters. The largest absolute Gasteiger partial charge is 0.309 e. The molecule has 0 saturated heterocycles. The molecule has 2 aromatic heterocycles. The zero-order valence-electron chi connectivity index (χ0n) is 30.5. The monoisotopic (exact) mass is 734 g/mol. The summed E-state index contributed by atoms with van der Waals surface area (Å²) >= 11 is 1.87. The Morgan fingerprint density at radius 1 is 0.482 bits per heavy atom. The average molecular weight is 735 g/mol. The van der Waals surface area contributed by atoms with Gasteiger partial charge in [-0.1, -0.05) is 140 Å². The Bertz CT molecular complexity index is 3150. The standard InChI is InChI=1S/C52H35N3S/c1-4-15-34(16-5-1)36-19-12-20-38(31-36)52-53-45(35-17-6-2-7-18-35)33-46(54-52)42-25-13-26-43-50-40(24-14-28-49(50)56-51(42)43)37-29-30-48-44(32-37)41-23-10-11-27-47(41)55(48)39-21-8-3-9-22-39/h1-33,52-53H/p+1. The summed E-state index contributed by atoms with van der Waals surface area (Å²) in [4.78, 5) is 5.51. The maximum atomic E-state index is 5.51. The Labute approximate surface area is 329 Å². The number of thiophene rings is 1. The molecule has 0 fully saturated rings.